The molecule has 0 amide bonds. The van der Waals surface area contributed by atoms with E-state index >= 15 is 0 Å². The molecule has 2 nitrogen and oxygen atoms in total. The van der Waals surface area contributed by atoms with Gasteiger partial charge in [-0.15, -0.1) is 0 Å². The number of para-hydroxylation sites is 1. The Balaban J connectivity index is 1.69. The van der Waals surface area contributed by atoms with Crippen LogP contribution in [-0.4, -0.2) is 17.6 Å². The fourth-order valence-corrected chi connectivity index (χ4v) is 2.25. The molecule has 0 saturated carbocycles. The Morgan fingerprint density at radius 2 is 1.88 bits per heavy atom. The first-order valence-electron chi connectivity index (χ1n) is 6.02. The van der Waals surface area contributed by atoms with Crippen LogP contribution in [0.25, 0.3) is 0 Å². The van der Waals surface area contributed by atoms with E-state index in [9.17, 15) is 0 Å². The maximum atomic E-state index is 2.37. The molecule has 0 bridgehead atoms. The zero-order chi connectivity index (χ0) is 11.5. The summed E-state index contributed by atoms with van der Waals surface area (Å²) in [7, 11) is 0. The summed E-state index contributed by atoms with van der Waals surface area (Å²) >= 11 is 0. The Morgan fingerprint density at radius 3 is 2.65 bits per heavy atom. The van der Waals surface area contributed by atoms with Crippen LogP contribution in [0.1, 0.15) is 6.42 Å². The predicted octanol–water partition coefficient (Wildman–Crippen LogP) is 3.12. The van der Waals surface area contributed by atoms with Gasteiger partial charge in [-0.1, -0.05) is 42.5 Å². The summed E-state index contributed by atoms with van der Waals surface area (Å²) in [6.45, 7) is 0.937. The van der Waals surface area contributed by atoms with Gasteiger partial charge in [-0.05, 0) is 18.6 Å². The molecule has 1 aliphatic heterocycles. The summed E-state index contributed by atoms with van der Waals surface area (Å²) in [5, 5.41) is 0. The standard InChI is InChI=1S/C15H16N2/c1-3-7-14(8-4-1)16-11-12-17(13-16)15-9-5-2-6-10-15/h1-9,11-12,15H,10,13H2. The molecule has 1 aliphatic carbocycles. The quantitative estimate of drug-likeness (QED) is 0.761. The lowest BCUT2D eigenvalue weighted by Gasteiger charge is -2.27. The molecule has 2 heteroatoms. The summed E-state index contributed by atoms with van der Waals surface area (Å²) in [6, 6.07) is 11.0. The minimum absolute atomic E-state index is 0.505. The molecule has 1 aromatic rings. The number of allylic oxidation sites excluding steroid dienone is 2. The average Bonchev–Trinajstić information content (AvgIpc) is 2.90. The number of benzene rings is 1. The van der Waals surface area contributed by atoms with Gasteiger partial charge in [-0.25, -0.2) is 0 Å². The van der Waals surface area contributed by atoms with Crippen molar-refractivity contribution >= 4 is 5.69 Å². The van der Waals surface area contributed by atoms with E-state index in [0.717, 1.165) is 13.1 Å². The average molecular weight is 224 g/mol. The summed E-state index contributed by atoms with van der Waals surface area (Å²) in [5.74, 6) is 0. The van der Waals surface area contributed by atoms with Crippen LogP contribution in [0.15, 0.2) is 67.0 Å². The molecule has 86 valence electrons. The van der Waals surface area contributed by atoms with Crippen molar-refractivity contribution in [3.05, 3.63) is 67.0 Å². The van der Waals surface area contributed by atoms with Crippen molar-refractivity contribution in [1.82, 2.24) is 4.90 Å². The van der Waals surface area contributed by atoms with Crippen molar-refractivity contribution in [3.63, 3.8) is 0 Å². The molecule has 0 N–H and O–H groups in total. The zero-order valence-corrected chi connectivity index (χ0v) is 9.74. The molecule has 0 saturated heterocycles. The van der Waals surface area contributed by atoms with E-state index in [-0.39, 0.29) is 0 Å². The molecule has 0 spiro atoms. The second kappa shape index (κ2) is 4.50. The summed E-state index contributed by atoms with van der Waals surface area (Å²) in [5.41, 5.74) is 1.25. The molecule has 1 unspecified atom stereocenters. The summed E-state index contributed by atoms with van der Waals surface area (Å²) in [6.07, 6.45) is 14.2. The van der Waals surface area contributed by atoms with Crippen LogP contribution in [0.5, 0.6) is 0 Å². The highest BCUT2D eigenvalue weighted by Gasteiger charge is 2.19. The van der Waals surface area contributed by atoms with E-state index in [2.05, 4.69) is 76.8 Å². The van der Waals surface area contributed by atoms with Crippen LogP contribution < -0.4 is 4.90 Å². The van der Waals surface area contributed by atoms with Gasteiger partial charge in [0, 0.05) is 18.1 Å². The minimum atomic E-state index is 0.505. The van der Waals surface area contributed by atoms with Gasteiger partial charge in [0.2, 0.25) is 0 Å². The van der Waals surface area contributed by atoms with Gasteiger partial charge in [-0.3, -0.25) is 0 Å². The monoisotopic (exact) mass is 224 g/mol. The highest BCUT2D eigenvalue weighted by atomic mass is 15.4. The molecule has 0 radical (unpaired) electrons. The van der Waals surface area contributed by atoms with Crippen molar-refractivity contribution in [1.29, 1.82) is 0 Å². The van der Waals surface area contributed by atoms with Gasteiger partial charge in [0.05, 0.1) is 12.7 Å². The highest BCUT2D eigenvalue weighted by Crippen LogP contribution is 2.22. The van der Waals surface area contributed by atoms with E-state index in [1.165, 1.54) is 5.69 Å². The number of anilines is 1. The van der Waals surface area contributed by atoms with E-state index in [1.807, 2.05) is 0 Å². The lowest BCUT2D eigenvalue weighted by Crippen LogP contribution is -2.32. The number of rotatable bonds is 2. The number of hydrogen-bond acceptors (Lipinski definition) is 2. The van der Waals surface area contributed by atoms with Gasteiger partial charge in [0.15, 0.2) is 0 Å². The third kappa shape index (κ3) is 2.11. The predicted molar refractivity (Wildman–Crippen MR) is 71.5 cm³/mol. The van der Waals surface area contributed by atoms with Gasteiger partial charge in [0.25, 0.3) is 0 Å². The molecule has 3 rings (SSSR count). The topological polar surface area (TPSA) is 6.48 Å². The van der Waals surface area contributed by atoms with Gasteiger partial charge >= 0.3 is 0 Å². The second-order valence-corrected chi connectivity index (χ2v) is 4.38. The fraction of sp³-hybridized carbons (Fsp3) is 0.200. The van der Waals surface area contributed by atoms with Crippen LogP contribution in [0.4, 0.5) is 5.69 Å². The first-order chi connectivity index (χ1) is 8.43. The molecular weight excluding hydrogens is 208 g/mol. The van der Waals surface area contributed by atoms with Crippen LogP contribution in [0.2, 0.25) is 0 Å². The molecule has 2 aliphatic rings. The molecule has 1 heterocycles. The van der Waals surface area contributed by atoms with Crippen molar-refractivity contribution in [2.75, 3.05) is 11.6 Å². The molecular formula is C15H16N2. The summed E-state index contributed by atoms with van der Waals surface area (Å²) in [4.78, 5) is 4.64. The molecule has 1 aromatic carbocycles. The Bertz CT molecular complexity index is 459. The third-order valence-electron chi connectivity index (χ3n) is 3.23. The Hall–Kier alpha value is -1.96. The van der Waals surface area contributed by atoms with Crippen LogP contribution >= 0.6 is 0 Å². The highest BCUT2D eigenvalue weighted by molar-refractivity contribution is 5.50. The van der Waals surface area contributed by atoms with E-state index in [4.69, 9.17) is 0 Å². The first kappa shape index (κ1) is 10.2. The van der Waals surface area contributed by atoms with Crippen LogP contribution in [-0.2, 0) is 0 Å². The van der Waals surface area contributed by atoms with Crippen molar-refractivity contribution < 1.29 is 0 Å². The smallest absolute Gasteiger partial charge is 0.0947 e. The third-order valence-corrected chi connectivity index (χ3v) is 3.23. The molecule has 0 aromatic heterocycles. The largest absolute Gasteiger partial charge is 0.352 e. The van der Waals surface area contributed by atoms with Gasteiger partial charge < -0.3 is 9.80 Å². The van der Waals surface area contributed by atoms with E-state index in [0.29, 0.717) is 6.04 Å². The van der Waals surface area contributed by atoms with E-state index in [1.54, 1.807) is 0 Å². The minimum Gasteiger partial charge on any atom is -0.352 e. The fourth-order valence-electron chi connectivity index (χ4n) is 2.25. The summed E-state index contributed by atoms with van der Waals surface area (Å²) < 4.78 is 0. The van der Waals surface area contributed by atoms with Crippen molar-refractivity contribution in [2.45, 2.75) is 12.5 Å². The Kier molecular flexibility index (Phi) is 2.70. The van der Waals surface area contributed by atoms with Gasteiger partial charge in [-0.2, -0.15) is 0 Å². The Labute approximate surface area is 102 Å². The van der Waals surface area contributed by atoms with Crippen LogP contribution in [0, 0.1) is 0 Å². The zero-order valence-electron chi connectivity index (χ0n) is 9.74. The molecule has 0 fully saturated rings. The van der Waals surface area contributed by atoms with Gasteiger partial charge in [0.1, 0.15) is 0 Å². The molecule has 1 atom stereocenters. The SMILES string of the molecule is C1=CCC(N2C=CN(c3ccccc3)C2)C=C1. The number of nitrogens with zero attached hydrogens (tertiary/aromatic N) is 2. The van der Waals surface area contributed by atoms with Crippen molar-refractivity contribution in [2.24, 2.45) is 0 Å². The maximum absolute atomic E-state index is 2.37. The lowest BCUT2D eigenvalue weighted by molar-refractivity contribution is 0.344. The van der Waals surface area contributed by atoms with Crippen molar-refractivity contribution in [3.8, 4) is 0 Å². The lowest BCUT2D eigenvalue weighted by atomic mass is 10.1. The Morgan fingerprint density at radius 1 is 1.00 bits per heavy atom. The normalized spacial score (nSPS) is 22.5. The molecule has 17 heavy (non-hydrogen) atoms. The number of hydrogen-bond donors (Lipinski definition) is 0. The first-order valence-corrected chi connectivity index (χ1v) is 6.02. The van der Waals surface area contributed by atoms with E-state index < -0.39 is 0 Å². The maximum Gasteiger partial charge on any atom is 0.0947 e. The second-order valence-electron chi connectivity index (χ2n) is 4.38. The van der Waals surface area contributed by atoms with Crippen LogP contribution in [0.3, 0.4) is 0 Å².